The van der Waals surface area contributed by atoms with Crippen LogP contribution in [-0.2, 0) is 24.3 Å². The van der Waals surface area contributed by atoms with Crippen LogP contribution >= 0.6 is 0 Å². The van der Waals surface area contributed by atoms with Gasteiger partial charge in [-0.15, -0.1) is 10.2 Å². The van der Waals surface area contributed by atoms with Crippen molar-refractivity contribution >= 4 is 16.7 Å². The van der Waals surface area contributed by atoms with Crippen LogP contribution in [0.5, 0.6) is 0 Å². The molecule has 0 bridgehead atoms. The lowest BCUT2D eigenvalue weighted by Gasteiger charge is -2.11. The van der Waals surface area contributed by atoms with Gasteiger partial charge in [0.05, 0.1) is 18.3 Å². The van der Waals surface area contributed by atoms with Gasteiger partial charge in [0, 0.05) is 19.0 Å². The maximum Gasteiger partial charge on any atom is 0.272 e. The number of aryl methyl sites for hydroxylation is 1. The average molecular weight is 374 g/mol. The Balaban J connectivity index is 1.69. The summed E-state index contributed by atoms with van der Waals surface area (Å²) in [4.78, 5) is 4.71. The van der Waals surface area contributed by atoms with Gasteiger partial charge in [-0.1, -0.05) is 49.4 Å². The maximum atomic E-state index is 5.28. The standard InChI is InChI=1S/C21H22N6O/c1-3-18-20(22-12-15-8-5-4-6-9-15)24-21(26-25-18)27-19-11-7-10-16(14-28-2)17(19)13-23-27/h4-11,13H,3,12,14H2,1-2H3,(H,22,24,26). The van der Waals surface area contributed by atoms with Crippen LogP contribution in [0.1, 0.15) is 23.7 Å². The van der Waals surface area contributed by atoms with Gasteiger partial charge in [-0.05, 0) is 23.6 Å². The molecule has 7 heteroatoms. The first-order chi connectivity index (χ1) is 13.8. The van der Waals surface area contributed by atoms with E-state index in [1.807, 2.05) is 49.5 Å². The predicted octanol–water partition coefficient (Wildman–Crippen LogP) is 3.53. The molecule has 2 heterocycles. The van der Waals surface area contributed by atoms with Gasteiger partial charge >= 0.3 is 0 Å². The molecule has 4 rings (SSSR count). The predicted molar refractivity (Wildman–Crippen MR) is 108 cm³/mol. The van der Waals surface area contributed by atoms with Gasteiger partial charge in [0.1, 0.15) is 5.69 Å². The van der Waals surface area contributed by atoms with Crippen molar-refractivity contribution in [1.29, 1.82) is 0 Å². The summed E-state index contributed by atoms with van der Waals surface area (Å²) < 4.78 is 7.00. The summed E-state index contributed by atoms with van der Waals surface area (Å²) in [6, 6.07) is 16.2. The summed E-state index contributed by atoms with van der Waals surface area (Å²) in [6.07, 6.45) is 2.56. The molecule has 0 amide bonds. The molecule has 0 aliphatic carbocycles. The summed E-state index contributed by atoms with van der Waals surface area (Å²) in [5, 5.41) is 17.6. The molecule has 0 atom stereocenters. The Hall–Kier alpha value is -3.32. The number of hydrogen-bond donors (Lipinski definition) is 1. The molecular formula is C21H22N6O. The topological polar surface area (TPSA) is 77.8 Å². The van der Waals surface area contributed by atoms with Crippen LogP contribution < -0.4 is 5.32 Å². The van der Waals surface area contributed by atoms with Gasteiger partial charge in [-0.25, -0.2) is 0 Å². The molecule has 142 valence electrons. The maximum absolute atomic E-state index is 5.28. The number of hydrogen-bond acceptors (Lipinski definition) is 6. The van der Waals surface area contributed by atoms with Crippen molar-refractivity contribution in [3.63, 3.8) is 0 Å². The number of aromatic nitrogens is 5. The van der Waals surface area contributed by atoms with Crippen LogP contribution in [0.3, 0.4) is 0 Å². The van der Waals surface area contributed by atoms with Gasteiger partial charge < -0.3 is 10.1 Å². The molecule has 0 unspecified atom stereocenters. The summed E-state index contributed by atoms with van der Waals surface area (Å²) in [5.74, 6) is 1.17. The first-order valence-corrected chi connectivity index (χ1v) is 9.26. The number of rotatable bonds is 7. The van der Waals surface area contributed by atoms with Gasteiger partial charge in [0.15, 0.2) is 5.82 Å². The van der Waals surface area contributed by atoms with E-state index < -0.39 is 0 Å². The Kier molecular flexibility index (Phi) is 5.25. The van der Waals surface area contributed by atoms with Crippen molar-refractivity contribution in [2.75, 3.05) is 12.4 Å². The number of nitrogens with one attached hydrogen (secondary N) is 1. The number of methoxy groups -OCH3 is 1. The zero-order valence-corrected chi connectivity index (χ0v) is 16.0. The van der Waals surface area contributed by atoms with Crippen LogP contribution in [0.4, 0.5) is 5.82 Å². The average Bonchev–Trinajstić information content (AvgIpc) is 3.18. The van der Waals surface area contributed by atoms with Crippen LogP contribution in [0.2, 0.25) is 0 Å². The van der Waals surface area contributed by atoms with Crippen molar-refractivity contribution in [2.24, 2.45) is 0 Å². The minimum atomic E-state index is 0.442. The zero-order valence-electron chi connectivity index (χ0n) is 16.0. The van der Waals surface area contributed by atoms with Crippen molar-refractivity contribution in [3.8, 4) is 5.95 Å². The van der Waals surface area contributed by atoms with Gasteiger partial charge in [-0.3, -0.25) is 0 Å². The second-order valence-electron chi connectivity index (χ2n) is 6.44. The van der Waals surface area contributed by atoms with E-state index in [2.05, 4.69) is 32.7 Å². The summed E-state index contributed by atoms with van der Waals surface area (Å²) in [5.41, 5.74) is 4.01. The number of ether oxygens (including phenoxy) is 1. The van der Waals surface area contributed by atoms with Crippen molar-refractivity contribution in [3.05, 3.63) is 71.5 Å². The van der Waals surface area contributed by atoms with E-state index in [0.717, 1.165) is 34.4 Å². The second kappa shape index (κ2) is 8.14. The Morgan fingerprint density at radius 1 is 1.04 bits per heavy atom. The van der Waals surface area contributed by atoms with E-state index in [4.69, 9.17) is 9.72 Å². The highest BCUT2D eigenvalue weighted by atomic mass is 16.5. The highest BCUT2D eigenvalue weighted by Gasteiger charge is 2.14. The summed E-state index contributed by atoms with van der Waals surface area (Å²) >= 11 is 0. The molecule has 2 aromatic carbocycles. The van der Waals surface area contributed by atoms with Gasteiger partial charge in [0.25, 0.3) is 5.95 Å². The lowest BCUT2D eigenvalue weighted by atomic mass is 10.1. The first kappa shape index (κ1) is 18.1. The number of benzene rings is 2. The third-order valence-electron chi connectivity index (χ3n) is 4.58. The minimum Gasteiger partial charge on any atom is -0.380 e. The normalized spacial score (nSPS) is 11.1. The second-order valence-corrected chi connectivity index (χ2v) is 6.44. The lowest BCUT2D eigenvalue weighted by molar-refractivity contribution is 0.186. The molecule has 0 aliphatic heterocycles. The molecule has 0 saturated heterocycles. The molecule has 0 spiro atoms. The van der Waals surface area contributed by atoms with E-state index in [0.29, 0.717) is 19.1 Å². The van der Waals surface area contributed by atoms with Crippen LogP contribution in [0, 0.1) is 0 Å². The van der Waals surface area contributed by atoms with E-state index in [9.17, 15) is 0 Å². The lowest BCUT2D eigenvalue weighted by Crippen LogP contribution is -2.12. The molecule has 7 nitrogen and oxygen atoms in total. The minimum absolute atomic E-state index is 0.442. The fraction of sp³-hybridized carbons (Fsp3) is 0.238. The molecule has 1 N–H and O–H groups in total. The highest BCUT2D eigenvalue weighted by molar-refractivity contribution is 5.83. The molecule has 28 heavy (non-hydrogen) atoms. The van der Waals surface area contributed by atoms with Gasteiger partial charge in [0.2, 0.25) is 0 Å². The highest BCUT2D eigenvalue weighted by Crippen LogP contribution is 2.22. The Labute approximate surface area is 163 Å². The van der Waals surface area contributed by atoms with Crippen LogP contribution in [0.25, 0.3) is 16.9 Å². The third kappa shape index (κ3) is 3.57. The molecule has 2 aromatic heterocycles. The summed E-state index contributed by atoms with van der Waals surface area (Å²) in [7, 11) is 1.68. The molecule has 0 fully saturated rings. The van der Waals surface area contributed by atoms with E-state index in [-0.39, 0.29) is 0 Å². The van der Waals surface area contributed by atoms with Crippen molar-refractivity contribution in [1.82, 2.24) is 25.0 Å². The number of fused-ring (bicyclic) bond motifs is 1. The summed E-state index contributed by atoms with van der Waals surface area (Å²) in [6.45, 7) is 3.24. The van der Waals surface area contributed by atoms with E-state index in [1.54, 1.807) is 11.8 Å². The molecule has 0 aliphatic rings. The number of nitrogens with zero attached hydrogens (tertiary/aromatic N) is 5. The van der Waals surface area contributed by atoms with E-state index in [1.165, 1.54) is 5.56 Å². The Morgan fingerprint density at radius 2 is 1.89 bits per heavy atom. The zero-order chi connectivity index (χ0) is 19.3. The van der Waals surface area contributed by atoms with E-state index >= 15 is 0 Å². The van der Waals surface area contributed by atoms with Crippen LogP contribution in [-0.4, -0.2) is 32.1 Å². The molecular weight excluding hydrogens is 352 g/mol. The fourth-order valence-corrected chi connectivity index (χ4v) is 3.14. The Morgan fingerprint density at radius 3 is 2.68 bits per heavy atom. The first-order valence-electron chi connectivity index (χ1n) is 9.26. The molecule has 0 saturated carbocycles. The molecule has 4 aromatic rings. The monoisotopic (exact) mass is 374 g/mol. The Bertz CT molecular complexity index is 1080. The van der Waals surface area contributed by atoms with Crippen LogP contribution in [0.15, 0.2) is 54.7 Å². The van der Waals surface area contributed by atoms with Gasteiger partial charge in [-0.2, -0.15) is 14.8 Å². The third-order valence-corrected chi connectivity index (χ3v) is 4.58. The molecule has 0 radical (unpaired) electrons. The fourth-order valence-electron chi connectivity index (χ4n) is 3.14. The van der Waals surface area contributed by atoms with Crippen molar-refractivity contribution in [2.45, 2.75) is 26.5 Å². The SMILES string of the molecule is CCc1nnc(-n2ncc3c(COC)cccc32)nc1NCc1ccccc1. The van der Waals surface area contributed by atoms with Crippen molar-refractivity contribution < 1.29 is 4.74 Å². The quantitative estimate of drug-likeness (QED) is 0.533. The number of anilines is 1. The smallest absolute Gasteiger partial charge is 0.272 e. The largest absolute Gasteiger partial charge is 0.380 e.